The number of phenols is 1. The van der Waals surface area contributed by atoms with Crippen LogP contribution >= 0.6 is 0 Å². The van der Waals surface area contributed by atoms with Gasteiger partial charge < -0.3 is 25.6 Å². The average molecular weight is 560 g/mol. The molecule has 2 heterocycles. The van der Waals surface area contributed by atoms with E-state index in [4.69, 9.17) is 4.74 Å². The number of aromatic hydroxyl groups is 1. The minimum atomic E-state index is -1.05. The molecule has 214 valence electrons. The van der Waals surface area contributed by atoms with Gasteiger partial charge >= 0.3 is 0 Å². The van der Waals surface area contributed by atoms with Gasteiger partial charge in [-0.2, -0.15) is 0 Å². The molecule has 2 bridgehead atoms. The predicted molar refractivity (Wildman–Crippen MR) is 146 cm³/mol. The summed E-state index contributed by atoms with van der Waals surface area (Å²) in [7, 11) is 0. The van der Waals surface area contributed by atoms with Gasteiger partial charge in [-0.15, -0.1) is 0 Å². The largest absolute Gasteiger partial charge is 0.504 e. The summed E-state index contributed by atoms with van der Waals surface area (Å²) in [6.45, 7) is 1.51. The summed E-state index contributed by atoms with van der Waals surface area (Å²) in [4.78, 5) is 50.6. The fourth-order valence-electron chi connectivity index (χ4n) is 8.08. The lowest BCUT2D eigenvalue weighted by Crippen LogP contribution is -2.78. The van der Waals surface area contributed by atoms with Gasteiger partial charge in [0, 0.05) is 34.8 Å². The topological polar surface area (TPSA) is 145 Å². The third-order valence-electron chi connectivity index (χ3n) is 10.1. The van der Waals surface area contributed by atoms with E-state index in [0.717, 1.165) is 24.2 Å². The molecule has 5 aliphatic rings. The summed E-state index contributed by atoms with van der Waals surface area (Å²) in [6.07, 6.45) is 5.32. The summed E-state index contributed by atoms with van der Waals surface area (Å²) < 4.78 is 6.47. The van der Waals surface area contributed by atoms with E-state index in [9.17, 15) is 29.4 Å². The van der Waals surface area contributed by atoms with Crippen molar-refractivity contribution >= 4 is 24.4 Å². The van der Waals surface area contributed by atoms with Crippen LogP contribution in [-0.4, -0.2) is 82.9 Å². The second-order valence-corrected chi connectivity index (χ2v) is 12.3. The lowest BCUT2D eigenvalue weighted by atomic mass is 9.48. The van der Waals surface area contributed by atoms with Crippen LogP contribution in [0.5, 0.6) is 11.5 Å². The maximum Gasteiger partial charge on any atom is 0.251 e. The Labute approximate surface area is 237 Å². The molecule has 10 heteroatoms. The van der Waals surface area contributed by atoms with Crippen molar-refractivity contribution < 1.29 is 34.1 Å². The molecule has 0 aromatic heterocycles. The van der Waals surface area contributed by atoms with Gasteiger partial charge in [-0.05, 0) is 74.8 Å². The number of likely N-dealkylation sites (tertiary alicyclic amines) is 1. The first-order valence-electron chi connectivity index (χ1n) is 14.4. The van der Waals surface area contributed by atoms with Crippen molar-refractivity contribution in [2.75, 3.05) is 19.6 Å². The number of carbonyl (C=O) groups excluding carboxylic acids is 4. The number of carbonyl (C=O) groups is 4. The quantitative estimate of drug-likeness (QED) is 0.356. The monoisotopic (exact) mass is 559 g/mol. The minimum absolute atomic E-state index is 0.0429. The summed E-state index contributed by atoms with van der Waals surface area (Å²) in [6, 6.07) is 7.26. The van der Waals surface area contributed by atoms with Crippen molar-refractivity contribution in [2.24, 2.45) is 5.92 Å². The van der Waals surface area contributed by atoms with E-state index >= 15 is 0 Å². The Hall–Kier alpha value is -3.76. The lowest BCUT2D eigenvalue weighted by Gasteiger charge is -2.64. The van der Waals surface area contributed by atoms with Crippen LogP contribution in [0.15, 0.2) is 30.3 Å². The van der Waals surface area contributed by atoms with Crippen LogP contribution in [0, 0.1) is 5.92 Å². The molecule has 41 heavy (non-hydrogen) atoms. The van der Waals surface area contributed by atoms with Crippen LogP contribution in [0.25, 0.3) is 0 Å². The van der Waals surface area contributed by atoms with Crippen LogP contribution in [0.1, 0.15) is 74.3 Å². The molecule has 2 aromatic carbocycles. The molecule has 2 aromatic rings. The standard InChI is InChI=1S/C31H33N3O7/c35-15-20-4-3-19(11-21(20)16-36)29(39)32-13-25(38)33-22-7-8-31(40)24-12-18-5-6-23(37)27-26(18)30(31,28(22)41-27)9-10-34(24)14-17-1-2-17/h3-6,11,15-17,22,24,28,37,40H,1-2,7-10,12-14H2,(H,32,39)(H,33,38)/t22-,24-,28?,30+,31-/m1/s1. The number of amides is 2. The highest BCUT2D eigenvalue weighted by atomic mass is 16.5. The molecule has 1 saturated heterocycles. The molecule has 5 atom stereocenters. The Kier molecular flexibility index (Phi) is 5.99. The van der Waals surface area contributed by atoms with E-state index in [1.807, 2.05) is 6.07 Å². The Bertz CT molecular complexity index is 1470. The first kappa shape index (κ1) is 26.2. The number of ether oxygens (including phenoxy) is 1. The molecule has 10 nitrogen and oxygen atoms in total. The normalized spacial score (nSPS) is 31.0. The number of nitrogens with zero attached hydrogens (tertiary/aromatic N) is 1. The van der Waals surface area contributed by atoms with Crippen molar-refractivity contribution in [3.8, 4) is 11.5 Å². The van der Waals surface area contributed by atoms with Gasteiger partial charge in [0.25, 0.3) is 5.91 Å². The molecule has 2 aliphatic heterocycles. The molecule has 1 spiro atoms. The zero-order valence-corrected chi connectivity index (χ0v) is 22.6. The van der Waals surface area contributed by atoms with Gasteiger partial charge in [0.1, 0.15) is 6.10 Å². The second-order valence-electron chi connectivity index (χ2n) is 12.3. The highest BCUT2D eigenvalue weighted by Gasteiger charge is 2.73. The Morgan fingerprint density at radius 1 is 1.07 bits per heavy atom. The molecule has 1 unspecified atom stereocenters. The molecule has 3 fully saturated rings. The Morgan fingerprint density at radius 2 is 1.88 bits per heavy atom. The highest BCUT2D eigenvalue weighted by Crippen LogP contribution is 2.65. The molecule has 2 amide bonds. The number of hydrogen-bond acceptors (Lipinski definition) is 8. The average Bonchev–Trinajstić information content (AvgIpc) is 3.72. The molecule has 4 N–H and O–H groups in total. The highest BCUT2D eigenvalue weighted by molar-refractivity contribution is 6.00. The zero-order chi connectivity index (χ0) is 28.5. The van der Waals surface area contributed by atoms with E-state index < -0.39 is 35.0 Å². The fourth-order valence-corrected chi connectivity index (χ4v) is 8.08. The smallest absolute Gasteiger partial charge is 0.251 e. The number of hydrogen-bond donors (Lipinski definition) is 4. The number of piperidine rings is 1. The second kappa shape index (κ2) is 9.39. The predicted octanol–water partition coefficient (Wildman–Crippen LogP) is 1.50. The molecular weight excluding hydrogens is 526 g/mol. The van der Waals surface area contributed by atoms with Crippen LogP contribution in [0.3, 0.4) is 0 Å². The van der Waals surface area contributed by atoms with Gasteiger partial charge in [0.2, 0.25) is 5.91 Å². The first-order chi connectivity index (χ1) is 19.8. The third-order valence-corrected chi connectivity index (χ3v) is 10.1. The van der Waals surface area contributed by atoms with Crippen LogP contribution in [0.4, 0.5) is 0 Å². The molecule has 7 rings (SSSR count). The molecular formula is C31H33N3O7. The van der Waals surface area contributed by atoms with Crippen LogP contribution in [0.2, 0.25) is 0 Å². The molecule has 2 saturated carbocycles. The van der Waals surface area contributed by atoms with Gasteiger partial charge in [0.15, 0.2) is 24.1 Å². The minimum Gasteiger partial charge on any atom is -0.504 e. The van der Waals surface area contributed by atoms with E-state index in [1.165, 1.54) is 31.0 Å². The summed E-state index contributed by atoms with van der Waals surface area (Å²) in [5.74, 6) is 0.196. The summed E-state index contributed by atoms with van der Waals surface area (Å²) in [5.41, 5.74) is 0.632. The van der Waals surface area contributed by atoms with Crippen molar-refractivity contribution in [1.82, 2.24) is 15.5 Å². The first-order valence-corrected chi connectivity index (χ1v) is 14.4. The Morgan fingerprint density at radius 3 is 2.63 bits per heavy atom. The maximum absolute atomic E-state index is 13.1. The SMILES string of the molecule is O=Cc1ccc(C(=O)NCC(=O)N[C@@H]2CC[C@@]3(O)[C@H]4Cc5ccc(O)c6c5[C@@]3(CCN4CC3CC3)C2O6)cc1C=O. The van der Waals surface area contributed by atoms with Gasteiger partial charge in [-0.1, -0.05) is 12.1 Å². The van der Waals surface area contributed by atoms with Crippen molar-refractivity contribution in [3.05, 3.63) is 58.1 Å². The van der Waals surface area contributed by atoms with Crippen molar-refractivity contribution in [3.63, 3.8) is 0 Å². The summed E-state index contributed by atoms with van der Waals surface area (Å²) >= 11 is 0. The van der Waals surface area contributed by atoms with Crippen LogP contribution < -0.4 is 15.4 Å². The van der Waals surface area contributed by atoms with Crippen LogP contribution in [-0.2, 0) is 16.6 Å². The lowest BCUT2D eigenvalue weighted by molar-refractivity contribution is -0.192. The van der Waals surface area contributed by atoms with E-state index in [-0.39, 0.29) is 35.0 Å². The number of benzene rings is 2. The van der Waals surface area contributed by atoms with Gasteiger partial charge in [-0.25, -0.2) is 0 Å². The number of nitrogens with one attached hydrogen (secondary N) is 2. The van der Waals surface area contributed by atoms with Gasteiger partial charge in [0.05, 0.1) is 23.6 Å². The number of phenolic OH excluding ortho intramolecular Hbond substituents is 1. The van der Waals surface area contributed by atoms with E-state index in [0.29, 0.717) is 49.9 Å². The van der Waals surface area contributed by atoms with Crippen molar-refractivity contribution in [2.45, 2.75) is 67.7 Å². The summed E-state index contributed by atoms with van der Waals surface area (Å²) in [5, 5.41) is 28.9. The number of aldehydes is 2. The fraction of sp³-hybridized carbons (Fsp3) is 0.484. The van der Waals surface area contributed by atoms with Crippen molar-refractivity contribution in [1.29, 1.82) is 0 Å². The van der Waals surface area contributed by atoms with E-state index in [2.05, 4.69) is 15.5 Å². The van der Waals surface area contributed by atoms with E-state index in [1.54, 1.807) is 6.07 Å². The van der Waals surface area contributed by atoms with Gasteiger partial charge in [-0.3, -0.25) is 24.1 Å². The number of aliphatic hydroxyl groups is 1. The number of rotatable bonds is 8. The molecule has 3 aliphatic carbocycles. The molecule has 0 radical (unpaired) electrons. The zero-order valence-electron chi connectivity index (χ0n) is 22.6. The maximum atomic E-state index is 13.1. The Balaban J connectivity index is 1.11. The third kappa shape index (κ3) is 3.84.